The molecule has 2 N–H and O–H groups in total. The van der Waals surface area contributed by atoms with Crippen molar-refractivity contribution < 1.29 is 9.47 Å². The molecule has 2 saturated heterocycles. The normalized spacial score (nSPS) is 17.8. The smallest absolute Gasteiger partial charge is 0.143 e. The molecule has 0 amide bonds. The number of hydrogen-bond donors (Lipinski definition) is 2. The second-order valence-electron chi connectivity index (χ2n) is 8.86. The molecule has 0 radical (unpaired) electrons. The first-order chi connectivity index (χ1) is 16.2. The monoisotopic (exact) mass is 444 g/mol. The fraction of sp³-hybridized carbons (Fsp3) is 0.400. The molecule has 3 aliphatic heterocycles. The predicted molar refractivity (Wildman–Crippen MR) is 127 cm³/mol. The van der Waals surface area contributed by atoms with Crippen LogP contribution in [0.3, 0.4) is 0 Å². The third kappa shape index (κ3) is 3.69. The Morgan fingerprint density at radius 3 is 2.55 bits per heavy atom. The lowest BCUT2D eigenvalue weighted by Gasteiger charge is -2.30. The number of fused-ring (bicyclic) bond motifs is 2. The number of anilines is 3. The van der Waals surface area contributed by atoms with Gasteiger partial charge in [0.2, 0.25) is 0 Å². The highest BCUT2D eigenvalue weighted by atomic mass is 16.5. The lowest BCUT2D eigenvalue weighted by Crippen LogP contribution is -2.41. The van der Waals surface area contributed by atoms with Crippen molar-refractivity contribution in [3.8, 4) is 16.9 Å². The molecule has 8 heteroatoms. The summed E-state index contributed by atoms with van der Waals surface area (Å²) >= 11 is 0. The molecule has 0 spiro atoms. The lowest BCUT2D eigenvalue weighted by molar-refractivity contribution is 0.122. The molecule has 6 rings (SSSR count). The summed E-state index contributed by atoms with van der Waals surface area (Å²) < 4.78 is 11.8. The van der Waals surface area contributed by atoms with E-state index in [2.05, 4.69) is 52.6 Å². The number of ether oxygens (including phenoxy) is 2. The standard InChI is InChI=1S/C25H28N6O2/c1-15-23(16(2)29-24(28-15)18-12-26-13-18)17-3-4-22-20(11-17)30-25-19(14-33-22)21(5-6-27-25)31-7-9-32-10-8-31/h3-6,11,18,26H,7-10,12-14H2,1-2H3,(H,27,30). The van der Waals surface area contributed by atoms with Crippen LogP contribution >= 0.6 is 0 Å². The quantitative estimate of drug-likeness (QED) is 0.637. The zero-order valence-corrected chi connectivity index (χ0v) is 19.0. The van der Waals surface area contributed by atoms with Crippen LogP contribution in [0.5, 0.6) is 5.75 Å². The van der Waals surface area contributed by atoms with Crippen molar-refractivity contribution in [1.82, 2.24) is 20.3 Å². The van der Waals surface area contributed by atoms with Crippen LogP contribution in [0.1, 0.15) is 28.7 Å². The van der Waals surface area contributed by atoms with E-state index >= 15 is 0 Å². The van der Waals surface area contributed by atoms with Crippen molar-refractivity contribution in [2.75, 3.05) is 49.6 Å². The van der Waals surface area contributed by atoms with Crippen LogP contribution in [0, 0.1) is 13.8 Å². The van der Waals surface area contributed by atoms with Crippen molar-refractivity contribution in [3.05, 3.63) is 53.2 Å². The molecule has 8 nitrogen and oxygen atoms in total. The molecule has 0 saturated carbocycles. The molecule has 1 aromatic carbocycles. The Hall–Kier alpha value is -3.23. The van der Waals surface area contributed by atoms with Crippen LogP contribution in [-0.2, 0) is 11.3 Å². The fourth-order valence-electron chi connectivity index (χ4n) is 4.83. The number of nitrogens with zero attached hydrogens (tertiary/aromatic N) is 4. The van der Waals surface area contributed by atoms with Crippen molar-refractivity contribution in [3.63, 3.8) is 0 Å². The molecular weight excluding hydrogens is 416 g/mol. The van der Waals surface area contributed by atoms with E-state index in [1.807, 2.05) is 12.3 Å². The second kappa shape index (κ2) is 8.28. The summed E-state index contributed by atoms with van der Waals surface area (Å²) in [6, 6.07) is 8.31. The summed E-state index contributed by atoms with van der Waals surface area (Å²) in [5.74, 6) is 3.02. The Morgan fingerprint density at radius 1 is 1.03 bits per heavy atom. The Bertz CT molecular complexity index is 1180. The average molecular weight is 445 g/mol. The minimum Gasteiger partial charge on any atom is -0.487 e. The van der Waals surface area contributed by atoms with Gasteiger partial charge < -0.3 is 25.0 Å². The van der Waals surface area contributed by atoms with Crippen LogP contribution in [-0.4, -0.2) is 54.3 Å². The van der Waals surface area contributed by atoms with Gasteiger partial charge >= 0.3 is 0 Å². The van der Waals surface area contributed by atoms with E-state index in [4.69, 9.17) is 19.4 Å². The van der Waals surface area contributed by atoms with E-state index in [0.717, 1.165) is 96.2 Å². The molecule has 2 fully saturated rings. The maximum atomic E-state index is 6.23. The highest BCUT2D eigenvalue weighted by molar-refractivity contribution is 5.79. The minimum absolute atomic E-state index is 0.418. The van der Waals surface area contributed by atoms with Gasteiger partial charge in [-0.1, -0.05) is 6.07 Å². The molecule has 3 aromatic rings. The molecule has 0 atom stereocenters. The van der Waals surface area contributed by atoms with Crippen molar-refractivity contribution in [2.45, 2.75) is 26.4 Å². The minimum atomic E-state index is 0.418. The Morgan fingerprint density at radius 2 is 1.82 bits per heavy atom. The van der Waals surface area contributed by atoms with Gasteiger partial charge in [-0.3, -0.25) is 0 Å². The molecule has 33 heavy (non-hydrogen) atoms. The van der Waals surface area contributed by atoms with Crippen molar-refractivity contribution in [1.29, 1.82) is 0 Å². The van der Waals surface area contributed by atoms with Gasteiger partial charge in [0.25, 0.3) is 0 Å². The third-order valence-electron chi connectivity index (χ3n) is 6.71. The van der Waals surface area contributed by atoms with Gasteiger partial charge in [0.15, 0.2) is 0 Å². The Labute approximate surface area is 193 Å². The summed E-state index contributed by atoms with van der Waals surface area (Å²) in [5, 5.41) is 6.84. The largest absolute Gasteiger partial charge is 0.487 e. The van der Waals surface area contributed by atoms with Crippen molar-refractivity contribution >= 4 is 17.2 Å². The van der Waals surface area contributed by atoms with Gasteiger partial charge in [-0.05, 0) is 37.6 Å². The van der Waals surface area contributed by atoms with Gasteiger partial charge in [-0.25, -0.2) is 15.0 Å². The first-order valence-corrected chi connectivity index (χ1v) is 11.6. The summed E-state index contributed by atoms with van der Waals surface area (Å²) in [4.78, 5) is 16.6. The van der Waals surface area contributed by atoms with Gasteiger partial charge in [-0.15, -0.1) is 0 Å². The maximum absolute atomic E-state index is 6.23. The molecule has 0 bridgehead atoms. The summed E-state index contributed by atoms with van der Waals surface area (Å²) in [6.07, 6.45) is 1.86. The maximum Gasteiger partial charge on any atom is 0.143 e. The summed E-state index contributed by atoms with van der Waals surface area (Å²) in [6.45, 7) is 9.76. The molecule has 5 heterocycles. The average Bonchev–Trinajstić information content (AvgIpc) is 2.97. The van der Waals surface area contributed by atoms with E-state index in [-0.39, 0.29) is 0 Å². The van der Waals surface area contributed by atoms with Gasteiger partial charge in [-0.2, -0.15) is 0 Å². The number of benzene rings is 1. The van der Waals surface area contributed by atoms with Crippen LogP contribution in [0.15, 0.2) is 30.5 Å². The molecule has 0 aliphatic carbocycles. The SMILES string of the molecule is Cc1nc(C2CNC2)nc(C)c1-c1ccc2c(c1)Nc1nccc(N3CCOCC3)c1CO2. The molecule has 3 aliphatic rings. The highest BCUT2D eigenvalue weighted by Crippen LogP contribution is 2.40. The van der Waals surface area contributed by atoms with Crippen LogP contribution in [0.25, 0.3) is 11.1 Å². The molecular formula is C25H28N6O2. The number of hydrogen-bond acceptors (Lipinski definition) is 8. The molecule has 2 aromatic heterocycles. The van der Waals surface area contributed by atoms with Crippen LogP contribution in [0.4, 0.5) is 17.2 Å². The molecule has 0 unspecified atom stereocenters. The van der Waals surface area contributed by atoms with Gasteiger partial charge in [0.05, 0.1) is 24.5 Å². The van der Waals surface area contributed by atoms with E-state index in [9.17, 15) is 0 Å². The zero-order valence-electron chi connectivity index (χ0n) is 19.0. The topological polar surface area (TPSA) is 84.4 Å². The van der Waals surface area contributed by atoms with E-state index in [0.29, 0.717) is 12.5 Å². The number of nitrogens with one attached hydrogen (secondary N) is 2. The summed E-state index contributed by atoms with van der Waals surface area (Å²) in [5.41, 5.74) is 7.31. The Kier molecular flexibility index (Phi) is 5.11. The predicted octanol–water partition coefficient (Wildman–Crippen LogP) is 3.31. The van der Waals surface area contributed by atoms with Crippen LogP contribution < -0.4 is 20.3 Å². The second-order valence-corrected chi connectivity index (χ2v) is 8.86. The number of rotatable bonds is 3. The van der Waals surface area contributed by atoms with Gasteiger partial charge in [0, 0.05) is 60.9 Å². The number of aromatic nitrogens is 3. The highest BCUT2D eigenvalue weighted by Gasteiger charge is 2.25. The van der Waals surface area contributed by atoms with E-state index in [1.54, 1.807) is 0 Å². The number of aryl methyl sites for hydroxylation is 2. The van der Waals surface area contributed by atoms with E-state index in [1.165, 1.54) is 0 Å². The zero-order chi connectivity index (χ0) is 22.4. The summed E-state index contributed by atoms with van der Waals surface area (Å²) in [7, 11) is 0. The van der Waals surface area contributed by atoms with Crippen molar-refractivity contribution in [2.24, 2.45) is 0 Å². The fourth-order valence-corrected chi connectivity index (χ4v) is 4.83. The third-order valence-corrected chi connectivity index (χ3v) is 6.71. The number of pyridine rings is 1. The van der Waals surface area contributed by atoms with E-state index < -0.39 is 0 Å². The first-order valence-electron chi connectivity index (χ1n) is 11.6. The lowest BCUT2D eigenvalue weighted by atomic mass is 9.99. The molecule has 170 valence electrons. The first kappa shape index (κ1) is 20.4. The number of morpholine rings is 1. The van der Waals surface area contributed by atoms with Crippen LogP contribution in [0.2, 0.25) is 0 Å². The van der Waals surface area contributed by atoms with Gasteiger partial charge in [0.1, 0.15) is 24.0 Å². The Balaban J connectivity index is 1.34.